The van der Waals surface area contributed by atoms with Crippen molar-refractivity contribution in [1.82, 2.24) is 15.3 Å². The fraction of sp³-hybridized carbons (Fsp3) is 0.321. The van der Waals surface area contributed by atoms with Gasteiger partial charge in [0, 0.05) is 59.4 Å². The van der Waals surface area contributed by atoms with Gasteiger partial charge < -0.3 is 24.8 Å². The molecule has 4 rings (SSSR count). The van der Waals surface area contributed by atoms with Gasteiger partial charge in [-0.3, -0.25) is 9.59 Å². The zero-order chi connectivity index (χ0) is 24.9. The highest BCUT2D eigenvalue weighted by molar-refractivity contribution is 5.94. The van der Waals surface area contributed by atoms with E-state index in [0.717, 1.165) is 32.9 Å². The molecule has 4 aromatic rings. The van der Waals surface area contributed by atoms with Gasteiger partial charge in [-0.15, -0.1) is 0 Å². The normalized spacial score (nSPS) is 13.0. The lowest BCUT2D eigenvalue weighted by molar-refractivity contribution is -0.130. The van der Waals surface area contributed by atoms with E-state index < -0.39 is 6.04 Å². The molecule has 7 heteroatoms. The third-order valence-electron chi connectivity index (χ3n) is 6.47. The molecule has 2 atom stereocenters. The van der Waals surface area contributed by atoms with Crippen molar-refractivity contribution in [1.29, 1.82) is 0 Å². The number of para-hydroxylation sites is 1. The number of aromatic nitrogens is 2. The van der Waals surface area contributed by atoms with Gasteiger partial charge >= 0.3 is 0 Å². The summed E-state index contributed by atoms with van der Waals surface area (Å²) in [7, 11) is 1.61. The molecule has 0 saturated carbocycles. The lowest BCUT2D eigenvalue weighted by Gasteiger charge is -2.20. The first kappa shape index (κ1) is 24.3. The first-order valence-electron chi connectivity index (χ1n) is 11.9. The minimum absolute atomic E-state index is 0.0510. The van der Waals surface area contributed by atoms with Gasteiger partial charge in [0.1, 0.15) is 11.5 Å². The number of rotatable bonds is 11. The highest BCUT2D eigenvalue weighted by Crippen LogP contribution is 2.29. The van der Waals surface area contributed by atoms with Crippen LogP contribution in [0.25, 0.3) is 21.8 Å². The molecule has 1 amide bonds. The standard InChI is InChI=1S/C28H31N3O4/c1-17(13-19-15-29-22-8-5-4-7-21(19)22)28(34)31-24(25(33)12-11-18(2)32)14-20-16-30-23-9-6-10-26(35-3)27(20)23/h4-10,15-17,24,29-30H,11-14H2,1-3H3,(H,31,34)/t17-,24-/m0/s1. The number of aromatic amines is 2. The molecule has 2 aromatic heterocycles. The number of methoxy groups -OCH3 is 1. The Morgan fingerprint density at radius 3 is 2.40 bits per heavy atom. The third-order valence-corrected chi connectivity index (χ3v) is 6.47. The molecule has 0 aliphatic rings. The van der Waals surface area contributed by atoms with Crippen LogP contribution in [0.5, 0.6) is 5.75 Å². The number of Topliss-reactive ketones (excluding diaryl/α,β-unsaturated/α-hetero) is 2. The summed E-state index contributed by atoms with van der Waals surface area (Å²) >= 11 is 0. The topological polar surface area (TPSA) is 104 Å². The number of carbonyl (C=O) groups excluding carboxylic acids is 3. The van der Waals surface area contributed by atoms with Crippen molar-refractivity contribution in [3.8, 4) is 5.75 Å². The van der Waals surface area contributed by atoms with Crippen LogP contribution in [-0.4, -0.2) is 40.6 Å². The molecule has 0 aliphatic carbocycles. The Bertz CT molecular complexity index is 1370. The van der Waals surface area contributed by atoms with Gasteiger partial charge in [0.2, 0.25) is 5.91 Å². The molecule has 0 unspecified atom stereocenters. The number of hydrogen-bond acceptors (Lipinski definition) is 4. The van der Waals surface area contributed by atoms with E-state index in [-0.39, 0.29) is 36.2 Å². The number of hydrogen-bond donors (Lipinski definition) is 3. The summed E-state index contributed by atoms with van der Waals surface area (Å²) in [6, 6.07) is 12.9. The van der Waals surface area contributed by atoms with E-state index >= 15 is 0 Å². The zero-order valence-electron chi connectivity index (χ0n) is 20.3. The predicted molar refractivity (Wildman–Crippen MR) is 137 cm³/mol. The smallest absolute Gasteiger partial charge is 0.223 e. The minimum Gasteiger partial charge on any atom is -0.496 e. The number of ether oxygens (including phenoxy) is 1. The van der Waals surface area contributed by atoms with Crippen LogP contribution in [0.3, 0.4) is 0 Å². The number of carbonyl (C=O) groups is 3. The van der Waals surface area contributed by atoms with Crippen molar-refractivity contribution in [2.75, 3.05) is 7.11 Å². The van der Waals surface area contributed by atoms with Crippen molar-refractivity contribution in [2.24, 2.45) is 5.92 Å². The summed E-state index contributed by atoms with van der Waals surface area (Å²) in [4.78, 5) is 44.3. The number of benzene rings is 2. The molecule has 182 valence electrons. The van der Waals surface area contributed by atoms with Crippen LogP contribution in [-0.2, 0) is 27.2 Å². The first-order chi connectivity index (χ1) is 16.9. The molecule has 2 aromatic carbocycles. The van der Waals surface area contributed by atoms with E-state index in [2.05, 4.69) is 15.3 Å². The third kappa shape index (κ3) is 5.45. The number of ketones is 2. The quantitative estimate of drug-likeness (QED) is 0.298. The second-order valence-corrected chi connectivity index (χ2v) is 9.10. The number of H-pyrrole nitrogens is 2. The van der Waals surface area contributed by atoms with Gasteiger partial charge in [0.05, 0.1) is 13.2 Å². The fourth-order valence-electron chi connectivity index (χ4n) is 4.53. The molecule has 0 spiro atoms. The maximum atomic E-state index is 13.2. The lowest BCUT2D eigenvalue weighted by atomic mass is 9.96. The van der Waals surface area contributed by atoms with Crippen molar-refractivity contribution < 1.29 is 19.1 Å². The molecule has 2 heterocycles. The SMILES string of the molecule is COc1cccc2[nH]cc(C[C@H](NC(=O)[C@@H](C)Cc3c[nH]c4ccccc34)C(=O)CCC(C)=O)c12. The van der Waals surface area contributed by atoms with Crippen LogP contribution in [0.15, 0.2) is 54.9 Å². The average molecular weight is 474 g/mol. The fourth-order valence-corrected chi connectivity index (χ4v) is 4.53. The Morgan fingerprint density at radius 2 is 1.63 bits per heavy atom. The second kappa shape index (κ2) is 10.6. The van der Waals surface area contributed by atoms with Crippen LogP contribution in [0.1, 0.15) is 37.8 Å². The van der Waals surface area contributed by atoms with Crippen LogP contribution in [0.2, 0.25) is 0 Å². The molecule has 0 bridgehead atoms. The van der Waals surface area contributed by atoms with E-state index in [4.69, 9.17) is 4.74 Å². The van der Waals surface area contributed by atoms with Gasteiger partial charge in [-0.1, -0.05) is 31.2 Å². The first-order valence-corrected chi connectivity index (χ1v) is 11.9. The maximum Gasteiger partial charge on any atom is 0.223 e. The minimum atomic E-state index is -0.740. The molecule has 0 aliphatic heterocycles. The van der Waals surface area contributed by atoms with Gasteiger partial charge in [0.25, 0.3) is 0 Å². The Labute approximate surface area is 204 Å². The predicted octanol–water partition coefficient (Wildman–Crippen LogP) is 4.50. The monoisotopic (exact) mass is 473 g/mol. The average Bonchev–Trinajstić information content (AvgIpc) is 3.46. The van der Waals surface area contributed by atoms with Crippen LogP contribution >= 0.6 is 0 Å². The van der Waals surface area contributed by atoms with E-state index in [1.54, 1.807) is 7.11 Å². The van der Waals surface area contributed by atoms with Crippen LogP contribution < -0.4 is 10.1 Å². The summed E-state index contributed by atoms with van der Waals surface area (Å²) in [5.41, 5.74) is 3.86. The van der Waals surface area contributed by atoms with E-state index in [1.807, 2.05) is 61.8 Å². The molecule has 35 heavy (non-hydrogen) atoms. The Morgan fingerprint density at radius 1 is 0.914 bits per heavy atom. The van der Waals surface area contributed by atoms with Crippen LogP contribution in [0.4, 0.5) is 0 Å². The Hall–Kier alpha value is -3.87. The van der Waals surface area contributed by atoms with Crippen molar-refractivity contribution in [3.05, 3.63) is 66.0 Å². The summed E-state index contributed by atoms with van der Waals surface area (Å²) < 4.78 is 5.52. The molecule has 7 nitrogen and oxygen atoms in total. The van der Waals surface area contributed by atoms with Gasteiger partial charge in [-0.2, -0.15) is 0 Å². The summed E-state index contributed by atoms with van der Waals surface area (Å²) in [6.07, 6.45) is 4.89. The van der Waals surface area contributed by atoms with Crippen molar-refractivity contribution in [3.63, 3.8) is 0 Å². The van der Waals surface area contributed by atoms with Gasteiger partial charge in [-0.05, 0) is 42.7 Å². The van der Waals surface area contributed by atoms with Crippen molar-refractivity contribution >= 4 is 39.3 Å². The second-order valence-electron chi connectivity index (χ2n) is 9.10. The van der Waals surface area contributed by atoms with E-state index in [1.165, 1.54) is 6.92 Å². The van der Waals surface area contributed by atoms with Crippen molar-refractivity contribution in [2.45, 2.75) is 45.6 Å². The summed E-state index contributed by atoms with van der Waals surface area (Å²) in [5, 5.41) is 4.96. The zero-order valence-corrected chi connectivity index (χ0v) is 20.3. The van der Waals surface area contributed by atoms with E-state index in [9.17, 15) is 14.4 Å². The highest BCUT2D eigenvalue weighted by atomic mass is 16.5. The molecule has 0 saturated heterocycles. The number of nitrogens with one attached hydrogen (secondary N) is 3. The molecular formula is C28H31N3O4. The Kier molecular flexibility index (Phi) is 7.34. The van der Waals surface area contributed by atoms with E-state index in [0.29, 0.717) is 18.6 Å². The molecule has 0 fully saturated rings. The highest BCUT2D eigenvalue weighted by Gasteiger charge is 2.26. The Balaban J connectivity index is 1.54. The van der Waals surface area contributed by atoms with Crippen LogP contribution in [0, 0.1) is 5.92 Å². The lowest BCUT2D eigenvalue weighted by Crippen LogP contribution is -2.45. The molecule has 3 N–H and O–H groups in total. The number of amides is 1. The largest absolute Gasteiger partial charge is 0.496 e. The van der Waals surface area contributed by atoms with Gasteiger partial charge in [-0.25, -0.2) is 0 Å². The summed E-state index contributed by atoms with van der Waals surface area (Å²) in [5.74, 6) is -0.0345. The molecular weight excluding hydrogens is 442 g/mol. The number of fused-ring (bicyclic) bond motifs is 2. The maximum absolute atomic E-state index is 13.2. The molecule has 0 radical (unpaired) electrons. The summed E-state index contributed by atoms with van der Waals surface area (Å²) in [6.45, 7) is 3.33. The van der Waals surface area contributed by atoms with Gasteiger partial charge in [0.15, 0.2) is 5.78 Å².